The zero-order valence-corrected chi connectivity index (χ0v) is 13.5. The molecule has 0 spiro atoms. The maximum atomic E-state index is 12.3. The van der Waals surface area contributed by atoms with Crippen LogP contribution < -0.4 is 10.0 Å². The standard InChI is InChI=1S/C14H12BrN3O2S/c1-17-12-3-5-13(6-4-12)21(19,20)18-14-7-2-11(15)8-10(14)9-16/h2-8,17-18H,1H3. The van der Waals surface area contributed by atoms with E-state index in [2.05, 4.69) is 26.0 Å². The van der Waals surface area contributed by atoms with Crippen LogP contribution in [0.3, 0.4) is 0 Å². The third-order valence-electron chi connectivity index (χ3n) is 2.80. The molecule has 0 radical (unpaired) electrons. The van der Waals surface area contributed by atoms with Crippen molar-refractivity contribution in [3.63, 3.8) is 0 Å². The number of halogens is 1. The van der Waals surface area contributed by atoms with Gasteiger partial charge in [0.2, 0.25) is 0 Å². The molecule has 0 saturated heterocycles. The maximum absolute atomic E-state index is 12.3. The van der Waals surface area contributed by atoms with E-state index in [1.165, 1.54) is 12.1 Å². The minimum absolute atomic E-state index is 0.133. The van der Waals surface area contributed by atoms with Crippen molar-refractivity contribution in [1.29, 1.82) is 5.26 Å². The molecule has 2 N–H and O–H groups in total. The van der Waals surface area contributed by atoms with Gasteiger partial charge in [0.1, 0.15) is 6.07 Å². The molecule has 7 heteroatoms. The minimum Gasteiger partial charge on any atom is -0.388 e. The molecule has 0 aromatic heterocycles. The van der Waals surface area contributed by atoms with Crippen LogP contribution in [0.5, 0.6) is 0 Å². The van der Waals surface area contributed by atoms with E-state index in [1.54, 1.807) is 37.4 Å². The molecule has 2 aromatic carbocycles. The van der Waals surface area contributed by atoms with Gasteiger partial charge in [-0.3, -0.25) is 4.72 Å². The van der Waals surface area contributed by atoms with Gasteiger partial charge in [0.05, 0.1) is 16.1 Å². The molecule has 0 aliphatic carbocycles. The van der Waals surface area contributed by atoms with Crippen LogP contribution in [0.25, 0.3) is 0 Å². The Morgan fingerprint density at radius 1 is 1.14 bits per heavy atom. The van der Waals surface area contributed by atoms with E-state index < -0.39 is 10.0 Å². The Morgan fingerprint density at radius 2 is 1.81 bits per heavy atom. The van der Waals surface area contributed by atoms with Crippen LogP contribution in [-0.2, 0) is 10.0 Å². The van der Waals surface area contributed by atoms with Crippen molar-refractivity contribution in [3.8, 4) is 6.07 Å². The Labute approximate surface area is 131 Å². The van der Waals surface area contributed by atoms with Gasteiger partial charge in [-0.2, -0.15) is 5.26 Å². The average Bonchev–Trinajstić information content (AvgIpc) is 2.49. The molecule has 108 valence electrons. The topological polar surface area (TPSA) is 82.0 Å². The van der Waals surface area contributed by atoms with Crippen molar-refractivity contribution in [2.75, 3.05) is 17.1 Å². The summed E-state index contributed by atoms with van der Waals surface area (Å²) in [7, 11) is -1.98. The first kappa shape index (κ1) is 15.4. The predicted octanol–water partition coefficient (Wildman–Crippen LogP) is 3.16. The van der Waals surface area contributed by atoms with E-state index in [1.807, 2.05) is 6.07 Å². The van der Waals surface area contributed by atoms with Gasteiger partial charge < -0.3 is 5.32 Å². The predicted molar refractivity (Wildman–Crippen MR) is 85.7 cm³/mol. The average molecular weight is 366 g/mol. The molecule has 0 fully saturated rings. The molecule has 2 aromatic rings. The minimum atomic E-state index is -3.73. The molecule has 21 heavy (non-hydrogen) atoms. The summed E-state index contributed by atoms with van der Waals surface area (Å²) >= 11 is 3.24. The number of nitrogens with one attached hydrogen (secondary N) is 2. The smallest absolute Gasteiger partial charge is 0.261 e. The highest BCUT2D eigenvalue weighted by molar-refractivity contribution is 9.10. The van der Waals surface area contributed by atoms with Crippen molar-refractivity contribution in [1.82, 2.24) is 0 Å². The van der Waals surface area contributed by atoms with Gasteiger partial charge in [-0.1, -0.05) is 15.9 Å². The molecular weight excluding hydrogens is 354 g/mol. The summed E-state index contributed by atoms with van der Waals surface area (Å²) < 4.78 is 27.7. The summed E-state index contributed by atoms with van der Waals surface area (Å²) in [4.78, 5) is 0.133. The van der Waals surface area contributed by atoms with Gasteiger partial charge in [-0.15, -0.1) is 0 Å². The van der Waals surface area contributed by atoms with Crippen LogP contribution in [0.1, 0.15) is 5.56 Å². The Morgan fingerprint density at radius 3 is 2.38 bits per heavy atom. The molecule has 0 aliphatic rings. The van der Waals surface area contributed by atoms with Crippen molar-refractivity contribution in [3.05, 3.63) is 52.5 Å². The molecule has 0 heterocycles. The number of benzene rings is 2. The quantitative estimate of drug-likeness (QED) is 0.871. The number of rotatable bonds is 4. The highest BCUT2D eigenvalue weighted by Crippen LogP contribution is 2.23. The van der Waals surface area contributed by atoms with Gasteiger partial charge in [-0.05, 0) is 42.5 Å². The van der Waals surface area contributed by atoms with Crippen LogP contribution in [0.2, 0.25) is 0 Å². The number of nitriles is 1. The second kappa shape index (κ2) is 6.16. The fraction of sp³-hybridized carbons (Fsp3) is 0.0714. The second-order valence-electron chi connectivity index (χ2n) is 4.18. The summed E-state index contributed by atoms with van der Waals surface area (Å²) in [6.07, 6.45) is 0. The number of sulfonamides is 1. The third kappa shape index (κ3) is 3.54. The first-order valence-corrected chi connectivity index (χ1v) is 8.24. The molecule has 0 bridgehead atoms. The normalized spacial score (nSPS) is 10.7. The van der Waals surface area contributed by atoms with E-state index in [9.17, 15) is 8.42 Å². The van der Waals surface area contributed by atoms with E-state index in [4.69, 9.17) is 5.26 Å². The van der Waals surface area contributed by atoms with E-state index in [0.29, 0.717) is 4.47 Å². The van der Waals surface area contributed by atoms with Gasteiger partial charge in [0.25, 0.3) is 10.0 Å². The monoisotopic (exact) mass is 365 g/mol. The molecule has 0 aliphatic heterocycles. The van der Waals surface area contributed by atoms with Gasteiger partial charge >= 0.3 is 0 Å². The SMILES string of the molecule is CNc1ccc(S(=O)(=O)Nc2ccc(Br)cc2C#N)cc1. The Kier molecular flexibility index (Phi) is 4.50. The Hall–Kier alpha value is -2.04. The number of anilines is 2. The first-order chi connectivity index (χ1) is 9.96. The maximum Gasteiger partial charge on any atom is 0.261 e. The van der Waals surface area contributed by atoms with Crippen LogP contribution in [-0.4, -0.2) is 15.5 Å². The lowest BCUT2D eigenvalue weighted by Gasteiger charge is -2.10. The fourth-order valence-corrected chi connectivity index (χ4v) is 3.14. The lowest BCUT2D eigenvalue weighted by Crippen LogP contribution is -2.13. The Bertz CT molecular complexity index is 796. The van der Waals surface area contributed by atoms with Gasteiger partial charge in [-0.25, -0.2) is 8.42 Å². The highest BCUT2D eigenvalue weighted by Gasteiger charge is 2.16. The number of nitrogens with zero attached hydrogens (tertiary/aromatic N) is 1. The van der Waals surface area contributed by atoms with Crippen LogP contribution in [0, 0.1) is 11.3 Å². The summed E-state index contributed by atoms with van der Waals surface area (Å²) in [5.74, 6) is 0. The number of hydrogen-bond donors (Lipinski definition) is 2. The van der Waals surface area contributed by atoms with E-state index >= 15 is 0 Å². The molecule has 0 amide bonds. The van der Waals surface area contributed by atoms with Crippen LogP contribution in [0.4, 0.5) is 11.4 Å². The van der Waals surface area contributed by atoms with Crippen molar-refractivity contribution in [2.45, 2.75) is 4.90 Å². The second-order valence-corrected chi connectivity index (χ2v) is 6.78. The lowest BCUT2D eigenvalue weighted by atomic mass is 10.2. The summed E-state index contributed by atoms with van der Waals surface area (Å²) in [5, 5.41) is 12.0. The fourth-order valence-electron chi connectivity index (χ4n) is 1.70. The molecule has 2 rings (SSSR count). The summed E-state index contributed by atoms with van der Waals surface area (Å²) in [6, 6.07) is 13.1. The van der Waals surface area contributed by atoms with Gasteiger partial charge in [0.15, 0.2) is 0 Å². The zero-order valence-electron chi connectivity index (χ0n) is 11.1. The van der Waals surface area contributed by atoms with Crippen LogP contribution >= 0.6 is 15.9 Å². The van der Waals surface area contributed by atoms with Gasteiger partial charge in [0, 0.05) is 17.2 Å². The summed E-state index contributed by atoms with van der Waals surface area (Å²) in [5.41, 5.74) is 1.31. The highest BCUT2D eigenvalue weighted by atomic mass is 79.9. The molecular formula is C14H12BrN3O2S. The van der Waals surface area contributed by atoms with Crippen molar-refractivity contribution >= 4 is 37.3 Å². The lowest BCUT2D eigenvalue weighted by molar-refractivity contribution is 0.601. The van der Waals surface area contributed by atoms with E-state index in [-0.39, 0.29) is 16.1 Å². The third-order valence-corrected chi connectivity index (χ3v) is 4.67. The molecule has 0 unspecified atom stereocenters. The van der Waals surface area contributed by atoms with Crippen LogP contribution in [0.15, 0.2) is 51.8 Å². The first-order valence-electron chi connectivity index (χ1n) is 5.96. The van der Waals surface area contributed by atoms with E-state index in [0.717, 1.165) is 5.69 Å². The Balaban J connectivity index is 2.35. The van der Waals surface area contributed by atoms with Crippen molar-refractivity contribution < 1.29 is 8.42 Å². The molecule has 0 saturated carbocycles. The summed E-state index contributed by atoms with van der Waals surface area (Å²) in [6.45, 7) is 0. The number of hydrogen-bond acceptors (Lipinski definition) is 4. The van der Waals surface area contributed by atoms with Crippen molar-refractivity contribution in [2.24, 2.45) is 0 Å². The largest absolute Gasteiger partial charge is 0.388 e. The zero-order chi connectivity index (χ0) is 15.5. The molecule has 5 nitrogen and oxygen atoms in total. The molecule has 0 atom stereocenters.